The summed E-state index contributed by atoms with van der Waals surface area (Å²) in [5.41, 5.74) is 3.34. The number of amides is 5. The van der Waals surface area contributed by atoms with Crippen LogP contribution in [0.15, 0.2) is 69.1 Å². The van der Waals surface area contributed by atoms with Gasteiger partial charge in [0.15, 0.2) is 18.1 Å². The molecule has 1 saturated heterocycles. The maximum atomic E-state index is 13.2. The van der Waals surface area contributed by atoms with Gasteiger partial charge in [-0.2, -0.15) is 0 Å². The number of carbonyl (C=O) groups excluding carboxylic acids is 4. The fraction of sp³-hybridized carbons (Fsp3) is 0.172. The Hall–Kier alpha value is -3.96. The minimum Gasteiger partial charge on any atom is -0.490 e. The number of barbiturate groups is 1. The zero-order valence-electron chi connectivity index (χ0n) is 21.8. The van der Waals surface area contributed by atoms with Crippen LogP contribution < -0.4 is 25.0 Å². The van der Waals surface area contributed by atoms with Crippen LogP contribution in [0.3, 0.4) is 0 Å². The average molecular weight is 671 g/mol. The minimum absolute atomic E-state index is 0.238. The van der Waals surface area contributed by atoms with Gasteiger partial charge in [-0.1, -0.05) is 22.0 Å². The number of aryl methyl sites for hydroxylation is 2. The van der Waals surface area contributed by atoms with Gasteiger partial charge in [0, 0.05) is 10.2 Å². The van der Waals surface area contributed by atoms with Gasteiger partial charge in [0.25, 0.3) is 17.7 Å². The topological polar surface area (TPSA) is 114 Å². The predicted octanol–water partition coefficient (Wildman–Crippen LogP) is 5.91. The molecule has 4 rings (SSSR count). The van der Waals surface area contributed by atoms with Crippen LogP contribution in [0.1, 0.15) is 23.6 Å². The lowest BCUT2D eigenvalue weighted by atomic mass is 10.1. The highest BCUT2D eigenvalue weighted by molar-refractivity contribution is 9.10. The third-order valence-corrected chi connectivity index (χ3v) is 7.09. The van der Waals surface area contributed by atoms with E-state index in [1.807, 2.05) is 32.0 Å². The fourth-order valence-electron chi connectivity index (χ4n) is 3.88. The van der Waals surface area contributed by atoms with Gasteiger partial charge in [0.1, 0.15) is 5.57 Å². The number of hydrogen-bond acceptors (Lipinski definition) is 6. The number of nitrogens with one attached hydrogen (secondary N) is 2. The smallest absolute Gasteiger partial charge is 0.335 e. The van der Waals surface area contributed by atoms with Gasteiger partial charge >= 0.3 is 6.03 Å². The van der Waals surface area contributed by atoms with Crippen molar-refractivity contribution in [2.45, 2.75) is 20.8 Å². The standard InChI is InChI=1S/C29H25Br2N3O6/c1-4-39-24-14-18(12-22-27(36)33-29(38)34(28(22)37)21-9-6-19(30)7-10-21)13-23(31)26(24)40-15-25(35)32-20-8-5-16(2)17(3)11-20/h5-14H,4,15H2,1-3H3,(H,32,35)(H,33,36,38)/b22-12+. The van der Waals surface area contributed by atoms with Crippen LogP contribution in [0, 0.1) is 13.8 Å². The SMILES string of the molecule is CCOc1cc(/C=C2\C(=O)NC(=O)N(c3ccc(Br)cc3)C2=O)cc(Br)c1OCC(=O)Nc1ccc(C)c(C)c1. The van der Waals surface area contributed by atoms with Gasteiger partial charge in [-0.3, -0.25) is 19.7 Å². The van der Waals surface area contributed by atoms with Crippen LogP contribution in [-0.2, 0) is 14.4 Å². The van der Waals surface area contributed by atoms with Gasteiger partial charge in [-0.25, -0.2) is 9.69 Å². The number of urea groups is 1. The summed E-state index contributed by atoms with van der Waals surface area (Å²) in [5, 5.41) is 5.01. The Labute approximate surface area is 247 Å². The molecule has 3 aromatic rings. The van der Waals surface area contributed by atoms with Gasteiger partial charge in [0.2, 0.25) is 0 Å². The van der Waals surface area contributed by atoms with Crippen LogP contribution in [-0.4, -0.2) is 37.0 Å². The molecule has 40 heavy (non-hydrogen) atoms. The Kier molecular flexibility index (Phi) is 9.06. The molecule has 0 unspecified atom stereocenters. The summed E-state index contributed by atoms with van der Waals surface area (Å²) in [5.74, 6) is -1.36. The molecule has 9 nitrogen and oxygen atoms in total. The summed E-state index contributed by atoms with van der Waals surface area (Å²) in [6.45, 7) is 5.75. The van der Waals surface area contributed by atoms with E-state index >= 15 is 0 Å². The van der Waals surface area contributed by atoms with E-state index in [1.165, 1.54) is 6.08 Å². The first-order valence-electron chi connectivity index (χ1n) is 12.2. The van der Waals surface area contributed by atoms with Crippen molar-refractivity contribution in [2.75, 3.05) is 23.4 Å². The third-order valence-electron chi connectivity index (χ3n) is 5.97. The van der Waals surface area contributed by atoms with Crippen LogP contribution in [0.4, 0.5) is 16.2 Å². The molecule has 1 aliphatic heterocycles. The third kappa shape index (κ3) is 6.60. The van der Waals surface area contributed by atoms with Crippen molar-refractivity contribution in [3.8, 4) is 11.5 Å². The molecule has 0 radical (unpaired) electrons. The van der Waals surface area contributed by atoms with Crippen molar-refractivity contribution in [2.24, 2.45) is 0 Å². The van der Waals surface area contributed by atoms with E-state index in [2.05, 4.69) is 42.5 Å². The Morgan fingerprint density at radius 1 is 0.975 bits per heavy atom. The Morgan fingerprint density at radius 3 is 2.38 bits per heavy atom. The molecular weight excluding hydrogens is 646 g/mol. The summed E-state index contributed by atoms with van der Waals surface area (Å²) in [6.07, 6.45) is 1.36. The molecule has 11 heteroatoms. The number of anilines is 2. The molecule has 1 fully saturated rings. The lowest BCUT2D eigenvalue weighted by Gasteiger charge is -2.26. The number of nitrogens with zero attached hydrogens (tertiary/aromatic N) is 1. The molecule has 0 spiro atoms. The Morgan fingerprint density at radius 2 is 1.70 bits per heavy atom. The molecule has 1 aliphatic rings. The van der Waals surface area contributed by atoms with E-state index in [0.29, 0.717) is 33.8 Å². The summed E-state index contributed by atoms with van der Waals surface area (Å²) in [7, 11) is 0. The zero-order chi connectivity index (χ0) is 29.0. The number of imide groups is 2. The Bertz CT molecular complexity index is 1540. The summed E-state index contributed by atoms with van der Waals surface area (Å²) in [4.78, 5) is 51.7. The highest BCUT2D eigenvalue weighted by Gasteiger charge is 2.36. The van der Waals surface area contributed by atoms with E-state index in [9.17, 15) is 19.2 Å². The summed E-state index contributed by atoms with van der Waals surface area (Å²) in [6, 6.07) is 14.5. The number of halogens is 2. The van der Waals surface area contributed by atoms with E-state index in [4.69, 9.17) is 9.47 Å². The van der Waals surface area contributed by atoms with E-state index < -0.39 is 17.8 Å². The molecule has 0 aliphatic carbocycles. The monoisotopic (exact) mass is 669 g/mol. The van der Waals surface area contributed by atoms with E-state index in [1.54, 1.807) is 43.3 Å². The van der Waals surface area contributed by atoms with Crippen LogP contribution in [0.5, 0.6) is 11.5 Å². The lowest BCUT2D eigenvalue weighted by Crippen LogP contribution is -2.54. The molecule has 3 aromatic carbocycles. The molecule has 0 atom stereocenters. The highest BCUT2D eigenvalue weighted by atomic mass is 79.9. The van der Waals surface area contributed by atoms with Crippen LogP contribution in [0.25, 0.3) is 6.08 Å². The van der Waals surface area contributed by atoms with Crippen LogP contribution >= 0.6 is 31.9 Å². The van der Waals surface area contributed by atoms with Crippen molar-refractivity contribution in [3.63, 3.8) is 0 Å². The highest BCUT2D eigenvalue weighted by Crippen LogP contribution is 2.38. The largest absolute Gasteiger partial charge is 0.490 e. The second kappa shape index (κ2) is 12.5. The minimum atomic E-state index is -0.839. The molecular formula is C29H25Br2N3O6. The first-order valence-corrected chi connectivity index (χ1v) is 13.8. The van der Waals surface area contributed by atoms with Crippen molar-refractivity contribution < 1.29 is 28.7 Å². The van der Waals surface area contributed by atoms with Crippen LogP contribution in [0.2, 0.25) is 0 Å². The first-order chi connectivity index (χ1) is 19.1. The zero-order valence-corrected chi connectivity index (χ0v) is 25.0. The molecule has 206 valence electrons. The molecule has 5 amide bonds. The van der Waals surface area contributed by atoms with Crippen molar-refractivity contribution in [1.82, 2.24) is 5.32 Å². The fourth-order valence-corrected chi connectivity index (χ4v) is 4.72. The number of rotatable bonds is 8. The number of hydrogen-bond donors (Lipinski definition) is 2. The molecule has 1 heterocycles. The number of ether oxygens (including phenoxy) is 2. The van der Waals surface area contributed by atoms with Gasteiger partial charge in [-0.15, -0.1) is 0 Å². The lowest BCUT2D eigenvalue weighted by molar-refractivity contribution is -0.122. The van der Waals surface area contributed by atoms with E-state index in [-0.39, 0.29) is 23.8 Å². The quantitative estimate of drug-likeness (QED) is 0.228. The molecule has 2 N–H and O–H groups in total. The summed E-state index contributed by atoms with van der Waals surface area (Å²) >= 11 is 6.76. The maximum absolute atomic E-state index is 13.2. The van der Waals surface area contributed by atoms with Gasteiger partial charge < -0.3 is 14.8 Å². The summed E-state index contributed by atoms with van der Waals surface area (Å²) < 4.78 is 12.7. The van der Waals surface area contributed by atoms with Crippen molar-refractivity contribution in [3.05, 3.63) is 85.8 Å². The van der Waals surface area contributed by atoms with E-state index in [0.717, 1.165) is 20.5 Å². The number of benzene rings is 3. The molecule has 0 aromatic heterocycles. The number of carbonyl (C=O) groups is 4. The maximum Gasteiger partial charge on any atom is 0.335 e. The second-order valence-corrected chi connectivity index (χ2v) is 10.6. The molecule has 0 saturated carbocycles. The predicted molar refractivity (Wildman–Crippen MR) is 158 cm³/mol. The van der Waals surface area contributed by atoms with Gasteiger partial charge in [-0.05, 0) is 108 Å². The van der Waals surface area contributed by atoms with Crippen molar-refractivity contribution in [1.29, 1.82) is 0 Å². The van der Waals surface area contributed by atoms with Crippen molar-refractivity contribution >= 4 is 73.1 Å². The average Bonchev–Trinajstić information content (AvgIpc) is 2.89. The van der Waals surface area contributed by atoms with Gasteiger partial charge in [0.05, 0.1) is 16.8 Å². The first kappa shape index (κ1) is 29.0. The molecule has 0 bridgehead atoms. The Balaban J connectivity index is 1.57. The second-order valence-electron chi connectivity index (χ2n) is 8.83. The normalized spacial score (nSPS) is 14.3.